The second-order valence-electron chi connectivity index (χ2n) is 7.80. The molecule has 0 aliphatic heterocycles. The summed E-state index contributed by atoms with van der Waals surface area (Å²) >= 11 is 0. The van der Waals surface area contributed by atoms with E-state index in [1.165, 1.54) is 64.2 Å². The highest BCUT2D eigenvalue weighted by atomic mass is 16.6. The Hall–Kier alpha value is -1.10. The van der Waals surface area contributed by atoms with Crippen LogP contribution in [0, 0.1) is 0 Å². The van der Waals surface area contributed by atoms with Gasteiger partial charge in [-0.25, -0.2) is 0 Å². The van der Waals surface area contributed by atoms with E-state index in [9.17, 15) is 9.59 Å². The smallest absolute Gasteiger partial charge is 0.305 e. The first-order valence-electron chi connectivity index (χ1n) is 12.1. The van der Waals surface area contributed by atoms with Gasteiger partial charge in [0.15, 0.2) is 0 Å². The number of esters is 2. The van der Waals surface area contributed by atoms with Crippen LogP contribution in [0.1, 0.15) is 117 Å². The van der Waals surface area contributed by atoms with Crippen LogP contribution in [0.2, 0.25) is 0 Å². The molecule has 0 N–H and O–H groups in total. The first-order valence-corrected chi connectivity index (χ1v) is 12.1. The van der Waals surface area contributed by atoms with Crippen molar-refractivity contribution in [2.75, 3.05) is 26.4 Å². The summed E-state index contributed by atoms with van der Waals surface area (Å²) in [7, 11) is 0. The van der Waals surface area contributed by atoms with Crippen LogP contribution in [0.15, 0.2) is 0 Å². The van der Waals surface area contributed by atoms with E-state index in [1.54, 1.807) is 0 Å². The number of hydrogen-bond acceptors (Lipinski definition) is 5. The molecular formula is C24H46O5. The molecule has 0 aliphatic carbocycles. The molecule has 29 heavy (non-hydrogen) atoms. The monoisotopic (exact) mass is 414 g/mol. The van der Waals surface area contributed by atoms with Gasteiger partial charge in [-0.3, -0.25) is 9.59 Å². The van der Waals surface area contributed by atoms with Crippen LogP contribution in [-0.4, -0.2) is 38.4 Å². The van der Waals surface area contributed by atoms with Gasteiger partial charge in [-0.05, 0) is 12.8 Å². The van der Waals surface area contributed by atoms with Crippen molar-refractivity contribution in [2.45, 2.75) is 117 Å². The molecule has 0 rings (SSSR count). The molecule has 0 fully saturated rings. The number of rotatable bonds is 22. The Morgan fingerprint density at radius 3 is 1.21 bits per heavy atom. The molecule has 5 heteroatoms. The van der Waals surface area contributed by atoms with E-state index in [-0.39, 0.29) is 25.2 Å². The Morgan fingerprint density at radius 2 is 0.828 bits per heavy atom. The molecule has 0 atom stereocenters. The fourth-order valence-electron chi connectivity index (χ4n) is 3.13. The summed E-state index contributed by atoms with van der Waals surface area (Å²) in [6.07, 6.45) is 17.6. The largest absolute Gasteiger partial charge is 0.463 e. The second-order valence-corrected chi connectivity index (χ2v) is 7.80. The lowest BCUT2D eigenvalue weighted by atomic mass is 10.1. The number of carbonyl (C=O) groups is 2. The molecule has 0 aromatic heterocycles. The van der Waals surface area contributed by atoms with E-state index in [0.29, 0.717) is 26.1 Å². The average molecular weight is 415 g/mol. The summed E-state index contributed by atoms with van der Waals surface area (Å²) in [5.74, 6) is -0.299. The number of unbranched alkanes of at least 4 members (excludes halogenated alkanes) is 12. The summed E-state index contributed by atoms with van der Waals surface area (Å²) < 4.78 is 15.6. The SMILES string of the molecule is CCCCCCCCCC(=O)OCCOCCOC(=O)CCCCCCCCC. The van der Waals surface area contributed by atoms with E-state index in [2.05, 4.69) is 13.8 Å². The molecule has 0 spiro atoms. The molecule has 5 nitrogen and oxygen atoms in total. The summed E-state index contributed by atoms with van der Waals surface area (Å²) in [6.45, 7) is 5.65. The van der Waals surface area contributed by atoms with E-state index in [0.717, 1.165) is 25.7 Å². The number of carbonyl (C=O) groups excluding carboxylic acids is 2. The zero-order chi connectivity index (χ0) is 21.4. The molecule has 0 amide bonds. The lowest BCUT2D eigenvalue weighted by Gasteiger charge is -2.07. The zero-order valence-corrected chi connectivity index (χ0v) is 19.2. The van der Waals surface area contributed by atoms with Crippen molar-refractivity contribution in [3.63, 3.8) is 0 Å². The van der Waals surface area contributed by atoms with Crippen LogP contribution in [-0.2, 0) is 23.8 Å². The summed E-state index contributed by atoms with van der Waals surface area (Å²) in [5.41, 5.74) is 0. The van der Waals surface area contributed by atoms with E-state index < -0.39 is 0 Å². The van der Waals surface area contributed by atoms with E-state index >= 15 is 0 Å². The van der Waals surface area contributed by atoms with Gasteiger partial charge in [0.25, 0.3) is 0 Å². The first-order chi connectivity index (χ1) is 14.2. The van der Waals surface area contributed by atoms with Crippen LogP contribution in [0.3, 0.4) is 0 Å². The van der Waals surface area contributed by atoms with Crippen LogP contribution in [0.4, 0.5) is 0 Å². The van der Waals surface area contributed by atoms with Crippen molar-refractivity contribution in [3.05, 3.63) is 0 Å². The normalized spacial score (nSPS) is 10.8. The van der Waals surface area contributed by atoms with E-state index in [4.69, 9.17) is 14.2 Å². The quantitative estimate of drug-likeness (QED) is 0.152. The number of hydrogen-bond donors (Lipinski definition) is 0. The predicted molar refractivity (Wildman–Crippen MR) is 118 cm³/mol. The lowest BCUT2D eigenvalue weighted by Crippen LogP contribution is -2.14. The Morgan fingerprint density at radius 1 is 0.483 bits per heavy atom. The van der Waals surface area contributed by atoms with Crippen molar-refractivity contribution in [1.29, 1.82) is 0 Å². The van der Waals surface area contributed by atoms with Gasteiger partial charge < -0.3 is 14.2 Å². The maximum atomic E-state index is 11.6. The van der Waals surface area contributed by atoms with Crippen molar-refractivity contribution in [1.82, 2.24) is 0 Å². The van der Waals surface area contributed by atoms with Gasteiger partial charge >= 0.3 is 11.9 Å². The summed E-state index contributed by atoms with van der Waals surface area (Å²) in [4.78, 5) is 23.2. The zero-order valence-electron chi connectivity index (χ0n) is 19.2. The lowest BCUT2D eigenvalue weighted by molar-refractivity contribution is -0.146. The Labute approximate surface area is 179 Å². The van der Waals surface area contributed by atoms with Gasteiger partial charge in [0.2, 0.25) is 0 Å². The third-order valence-corrected chi connectivity index (χ3v) is 4.95. The van der Waals surface area contributed by atoms with Gasteiger partial charge in [0, 0.05) is 12.8 Å². The van der Waals surface area contributed by atoms with Gasteiger partial charge in [0.05, 0.1) is 13.2 Å². The highest BCUT2D eigenvalue weighted by Gasteiger charge is 2.04. The molecule has 0 aliphatic rings. The summed E-state index contributed by atoms with van der Waals surface area (Å²) in [5, 5.41) is 0. The third-order valence-electron chi connectivity index (χ3n) is 4.95. The Bertz CT molecular complexity index is 336. The van der Waals surface area contributed by atoms with Crippen LogP contribution in [0.5, 0.6) is 0 Å². The highest BCUT2D eigenvalue weighted by Crippen LogP contribution is 2.09. The number of ether oxygens (including phenoxy) is 3. The van der Waals surface area contributed by atoms with Gasteiger partial charge in [-0.15, -0.1) is 0 Å². The molecular weight excluding hydrogens is 368 g/mol. The Kier molecular flexibility index (Phi) is 22.3. The molecule has 0 saturated carbocycles. The van der Waals surface area contributed by atoms with Crippen LogP contribution >= 0.6 is 0 Å². The molecule has 0 unspecified atom stereocenters. The van der Waals surface area contributed by atoms with E-state index in [1.807, 2.05) is 0 Å². The third kappa shape index (κ3) is 23.0. The molecule has 0 aromatic carbocycles. The molecule has 0 bridgehead atoms. The second kappa shape index (κ2) is 23.2. The van der Waals surface area contributed by atoms with Gasteiger partial charge in [0.1, 0.15) is 13.2 Å². The molecule has 0 saturated heterocycles. The van der Waals surface area contributed by atoms with Crippen LogP contribution < -0.4 is 0 Å². The molecule has 172 valence electrons. The average Bonchev–Trinajstić information content (AvgIpc) is 2.71. The fraction of sp³-hybridized carbons (Fsp3) is 0.917. The van der Waals surface area contributed by atoms with Gasteiger partial charge in [-0.1, -0.05) is 90.9 Å². The van der Waals surface area contributed by atoms with Crippen molar-refractivity contribution in [3.8, 4) is 0 Å². The maximum Gasteiger partial charge on any atom is 0.305 e. The van der Waals surface area contributed by atoms with Crippen molar-refractivity contribution < 1.29 is 23.8 Å². The standard InChI is InChI=1S/C24H46O5/c1-3-5-7-9-11-13-15-17-23(25)28-21-19-27-20-22-29-24(26)18-16-14-12-10-8-6-4-2/h3-22H2,1-2H3. The molecule has 0 heterocycles. The van der Waals surface area contributed by atoms with Gasteiger partial charge in [-0.2, -0.15) is 0 Å². The molecule has 0 aromatic rings. The topological polar surface area (TPSA) is 61.8 Å². The molecule has 0 radical (unpaired) electrons. The summed E-state index contributed by atoms with van der Waals surface area (Å²) in [6, 6.07) is 0. The van der Waals surface area contributed by atoms with Crippen LogP contribution in [0.25, 0.3) is 0 Å². The first kappa shape index (κ1) is 27.9. The van der Waals surface area contributed by atoms with Crippen molar-refractivity contribution in [2.24, 2.45) is 0 Å². The highest BCUT2D eigenvalue weighted by molar-refractivity contribution is 5.69. The Balaban J connectivity index is 3.27. The minimum Gasteiger partial charge on any atom is -0.463 e. The van der Waals surface area contributed by atoms with Crippen molar-refractivity contribution >= 4 is 11.9 Å². The predicted octanol–water partition coefficient (Wildman–Crippen LogP) is 6.37. The maximum absolute atomic E-state index is 11.6. The minimum atomic E-state index is -0.150. The fourth-order valence-corrected chi connectivity index (χ4v) is 3.13. The minimum absolute atomic E-state index is 0.150.